The predicted octanol–water partition coefficient (Wildman–Crippen LogP) is 5.19. The molecule has 0 saturated carbocycles. The van der Waals surface area contributed by atoms with Gasteiger partial charge in [-0.2, -0.15) is 0 Å². The summed E-state index contributed by atoms with van der Waals surface area (Å²) in [5.74, 6) is 1.87. The van der Waals surface area contributed by atoms with Crippen LogP contribution >= 0.6 is 0 Å². The van der Waals surface area contributed by atoms with Crippen LogP contribution in [0.1, 0.15) is 41.1 Å². The van der Waals surface area contributed by atoms with Crippen LogP contribution in [0, 0.1) is 0 Å². The van der Waals surface area contributed by atoms with Gasteiger partial charge in [0.15, 0.2) is 11.5 Å². The average molecular weight is 474 g/mol. The number of hydrogen-bond donors (Lipinski definition) is 1. The van der Waals surface area contributed by atoms with Gasteiger partial charge in [-0.05, 0) is 42.7 Å². The lowest BCUT2D eigenvalue weighted by Gasteiger charge is -2.21. The molecule has 0 bridgehead atoms. The number of imidazole rings is 1. The molecule has 0 radical (unpaired) electrons. The van der Waals surface area contributed by atoms with Gasteiger partial charge in [0.25, 0.3) is 5.91 Å². The van der Waals surface area contributed by atoms with E-state index in [-0.39, 0.29) is 11.9 Å². The van der Waals surface area contributed by atoms with E-state index in [1.165, 1.54) is 21.3 Å². The Kier molecular flexibility index (Phi) is 7.55. The number of nitrogens with one attached hydrogen (secondary N) is 1. The second-order valence-corrected chi connectivity index (χ2v) is 8.24. The number of amides is 1. The Balaban J connectivity index is 1.76. The highest BCUT2D eigenvalue weighted by Crippen LogP contribution is 2.38. The van der Waals surface area contributed by atoms with Crippen molar-refractivity contribution in [2.75, 3.05) is 21.3 Å². The minimum absolute atomic E-state index is 0.250. The van der Waals surface area contributed by atoms with Gasteiger partial charge < -0.3 is 24.1 Å². The Bertz CT molecular complexity index is 1280. The number of aromatic nitrogens is 2. The highest BCUT2D eigenvalue weighted by Gasteiger charge is 2.25. The first-order valence-corrected chi connectivity index (χ1v) is 11.7. The van der Waals surface area contributed by atoms with Gasteiger partial charge in [-0.1, -0.05) is 49.4 Å². The molecule has 0 fully saturated rings. The molecule has 182 valence electrons. The Labute approximate surface area is 205 Å². The summed E-state index contributed by atoms with van der Waals surface area (Å²) in [6.07, 6.45) is 1.55. The number of hydrogen-bond acceptors (Lipinski definition) is 5. The van der Waals surface area contributed by atoms with Crippen molar-refractivity contribution in [3.63, 3.8) is 0 Å². The van der Waals surface area contributed by atoms with E-state index in [2.05, 4.69) is 35.0 Å². The zero-order chi connectivity index (χ0) is 24.8. The normalized spacial score (nSPS) is 11.8. The summed E-state index contributed by atoms with van der Waals surface area (Å²) in [7, 11) is 4.60. The molecule has 7 heteroatoms. The average Bonchev–Trinajstić information content (AvgIpc) is 3.26. The van der Waals surface area contributed by atoms with Gasteiger partial charge >= 0.3 is 0 Å². The van der Waals surface area contributed by atoms with Crippen LogP contribution in [0.3, 0.4) is 0 Å². The van der Waals surface area contributed by atoms with E-state index in [1.54, 1.807) is 12.1 Å². The van der Waals surface area contributed by atoms with E-state index in [0.717, 1.165) is 35.4 Å². The lowest BCUT2D eigenvalue weighted by Crippen LogP contribution is -2.32. The summed E-state index contributed by atoms with van der Waals surface area (Å²) >= 11 is 0. The number of carbonyl (C=O) groups is 1. The lowest BCUT2D eigenvalue weighted by atomic mass is 10.0. The smallest absolute Gasteiger partial charge is 0.252 e. The quantitative estimate of drug-likeness (QED) is 0.343. The molecule has 4 rings (SSSR count). The van der Waals surface area contributed by atoms with Crippen LogP contribution in [0.15, 0.2) is 66.7 Å². The second-order valence-electron chi connectivity index (χ2n) is 8.24. The van der Waals surface area contributed by atoms with Crippen molar-refractivity contribution in [3.8, 4) is 17.2 Å². The minimum Gasteiger partial charge on any atom is -0.493 e. The molecule has 0 saturated heterocycles. The van der Waals surface area contributed by atoms with Gasteiger partial charge in [-0.15, -0.1) is 0 Å². The van der Waals surface area contributed by atoms with Gasteiger partial charge in [0, 0.05) is 12.1 Å². The predicted molar refractivity (Wildman–Crippen MR) is 136 cm³/mol. The molecule has 1 amide bonds. The fourth-order valence-electron chi connectivity index (χ4n) is 4.33. The van der Waals surface area contributed by atoms with Gasteiger partial charge in [-0.3, -0.25) is 4.79 Å². The first kappa shape index (κ1) is 24.1. The van der Waals surface area contributed by atoms with Crippen LogP contribution in [0.4, 0.5) is 0 Å². The van der Waals surface area contributed by atoms with E-state index in [9.17, 15) is 4.79 Å². The first-order chi connectivity index (χ1) is 17.1. The number of para-hydroxylation sites is 2. The van der Waals surface area contributed by atoms with Crippen molar-refractivity contribution >= 4 is 16.9 Å². The molecule has 1 heterocycles. The molecule has 0 aliphatic heterocycles. The molecule has 1 unspecified atom stereocenters. The van der Waals surface area contributed by atoms with Gasteiger partial charge in [0.05, 0.1) is 38.4 Å². The molecule has 1 aromatic heterocycles. The summed E-state index contributed by atoms with van der Waals surface area (Å²) < 4.78 is 18.5. The van der Waals surface area contributed by atoms with Gasteiger partial charge in [-0.25, -0.2) is 4.98 Å². The Morgan fingerprint density at radius 1 is 0.943 bits per heavy atom. The molecular formula is C28H31N3O4. The number of rotatable bonds is 10. The van der Waals surface area contributed by atoms with Crippen LogP contribution in [0.2, 0.25) is 0 Å². The van der Waals surface area contributed by atoms with Crippen LogP contribution in [0.5, 0.6) is 17.2 Å². The zero-order valence-electron chi connectivity index (χ0n) is 20.6. The highest BCUT2D eigenvalue weighted by atomic mass is 16.5. The number of benzene rings is 3. The molecule has 0 spiro atoms. The van der Waals surface area contributed by atoms with Crippen molar-refractivity contribution in [3.05, 3.63) is 83.7 Å². The third-order valence-corrected chi connectivity index (χ3v) is 5.96. The Morgan fingerprint density at radius 3 is 2.23 bits per heavy atom. The van der Waals surface area contributed by atoms with E-state index < -0.39 is 0 Å². The monoisotopic (exact) mass is 473 g/mol. The molecule has 4 aromatic rings. The lowest BCUT2D eigenvalue weighted by molar-refractivity contribution is 0.0933. The topological polar surface area (TPSA) is 74.6 Å². The fraction of sp³-hybridized carbons (Fsp3) is 0.286. The Morgan fingerprint density at radius 2 is 1.60 bits per heavy atom. The van der Waals surface area contributed by atoms with E-state index >= 15 is 0 Å². The third-order valence-electron chi connectivity index (χ3n) is 5.96. The SMILES string of the molecule is CCCn1c(C(Cc2ccccc2)NC(=O)c2cc(OC)c(OC)c(OC)c2)nc2ccccc21. The van der Waals surface area contributed by atoms with Crippen LogP contribution in [-0.4, -0.2) is 36.8 Å². The van der Waals surface area contributed by atoms with Crippen molar-refractivity contribution < 1.29 is 19.0 Å². The molecule has 35 heavy (non-hydrogen) atoms. The Hall–Kier alpha value is -4.00. The van der Waals surface area contributed by atoms with Gasteiger partial charge in [0.1, 0.15) is 5.82 Å². The maximum absolute atomic E-state index is 13.5. The number of carbonyl (C=O) groups excluding carboxylic acids is 1. The van der Waals surface area contributed by atoms with Crippen molar-refractivity contribution in [2.45, 2.75) is 32.4 Å². The standard InChI is InChI=1S/C28H31N3O4/c1-5-15-31-23-14-10-9-13-21(23)29-27(31)22(16-19-11-7-6-8-12-19)30-28(32)20-17-24(33-2)26(35-4)25(18-20)34-3/h6-14,17-18,22H,5,15-16H2,1-4H3,(H,30,32). The highest BCUT2D eigenvalue weighted by molar-refractivity contribution is 5.96. The van der Waals surface area contributed by atoms with Crippen molar-refractivity contribution in [1.29, 1.82) is 0 Å². The summed E-state index contributed by atoms with van der Waals surface area (Å²) in [6.45, 7) is 2.94. The maximum atomic E-state index is 13.5. The van der Waals surface area contributed by atoms with E-state index in [1.807, 2.05) is 36.4 Å². The number of methoxy groups -OCH3 is 3. The zero-order valence-corrected chi connectivity index (χ0v) is 20.6. The molecule has 1 atom stereocenters. The number of nitrogens with zero attached hydrogens (tertiary/aromatic N) is 2. The summed E-state index contributed by atoms with van der Waals surface area (Å²) in [6, 6.07) is 21.2. The van der Waals surface area contributed by atoms with Gasteiger partial charge in [0.2, 0.25) is 5.75 Å². The summed E-state index contributed by atoms with van der Waals surface area (Å²) in [4.78, 5) is 18.5. The van der Waals surface area contributed by atoms with Crippen LogP contribution in [0.25, 0.3) is 11.0 Å². The molecule has 7 nitrogen and oxygen atoms in total. The maximum Gasteiger partial charge on any atom is 0.252 e. The van der Waals surface area contributed by atoms with Crippen LogP contribution < -0.4 is 19.5 Å². The van der Waals surface area contributed by atoms with E-state index in [0.29, 0.717) is 29.2 Å². The molecule has 3 aromatic carbocycles. The molecule has 0 aliphatic carbocycles. The number of fused-ring (bicyclic) bond motifs is 1. The fourth-order valence-corrected chi connectivity index (χ4v) is 4.33. The van der Waals surface area contributed by atoms with Crippen molar-refractivity contribution in [2.24, 2.45) is 0 Å². The molecular weight excluding hydrogens is 442 g/mol. The summed E-state index contributed by atoms with van der Waals surface area (Å²) in [5, 5.41) is 3.22. The molecule has 1 N–H and O–H groups in total. The van der Waals surface area contributed by atoms with E-state index in [4.69, 9.17) is 19.2 Å². The largest absolute Gasteiger partial charge is 0.493 e. The number of aryl methyl sites for hydroxylation is 1. The first-order valence-electron chi connectivity index (χ1n) is 11.7. The molecule has 0 aliphatic rings. The second kappa shape index (κ2) is 11.0. The summed E-state index contributed by atoms with van der Waals surface area (Å²) in [5.41, 5.74) is 3.49. The third kappa shape index (κ3) is 5.09. The van der Waals surface area contributed by atoms with Crippen LogP contribution in [-0.2, 0) is 13.0 Å². The minimum atomic E-state index is -0.344. The van der Waals surface area contributed by atoms with Crippen molar-refractivity contribution in [1.82, 2.24) is 14.9 Å². The number of ether oxygens (including phenoxy) is 3.